The minimum atomic E-state index is 0. The Kier molecular flexibility index (Phi) is 15.9. The highest BCUT2D eigenvalue weighted by molar-refractivity contribution is 9.11. The van der Waals surface area contributed by atoms with Crippen molar-refractivity contribution in [3.05, 3.63) is 11.1 Å². The molecule has 1 heteroatoms. The van der Waals surface area contributed by atoms with E-state index in [0.717, 1.165) is 0 Å². The Morgan fingerprint density at radius 1 is 1.60 bits per heavy atom. The Morgan fingerprint density at radius 3 is 1.80 bits per heavy atom. The van der Waals surface area contributed by atoms with E-state index in [9.17, 15) is 0 Å². The fourth-order valence-electron chi connectivity index (χ4n) is 0. The van der Waals surface area contributed by atoms with Gasteiger partial charge < -0.3 is 0 Å². The Balaban J connectivity index is 0. The standard InChI is InChI=1S/C3H5Br.CH4/c1-2-3-4;/h2-3H,1H3;1H4/b3-2+;. The van der Waals surface area contributed by atoms with E-state index in [4.69, 9.17) is 0 Å². The van der Waals surface area contributed by atoms with Gasteiger partial charge in [0.25, 0.3) is 0 Å². The van der Waals surface area contributed by atoms with Crippen molar-refractivity contribution in [1.29, 1.82) is 0 Å². The largest absolute Gasteiger partial charge is 0.0807 e. The number of allylic oxidation sites excluding steroid dienone is 1. The number of hydrogen-bond donors (Lipinski definition) is 0. The van der Waals surface area contributed by atoms with Gasteiger partial charge in [-0.25, -0.2) is 0 Å². The maximum absolute atomic E-state index is 3.07. The van der Waals surface area contributed by atoms with Gasteiger partial charge in [0.1, 0.15) is 0 Å². The van der Waals surface area contributed by atoms with Gasteiger partial charge in [-0.15, -0.1) is 0 Å². The molecule has 0 unspecified atom stereocenters. The molecule has 0 heterocycles. The van der Waals surface area contributed by atoms with Crippen LogP contribution >= 0.6 is 15.9 Å². The summed E-state index contributed by atoms with van der Waals surface area (Å²) in [6.45, 7) is 1.95. The van der Waals surface area contributed by atoms with E-state index in [0.29, 0.717) is 0 Å². The van der Waals surface area contributed by atoms with E-state index in [2.05, 4.69) is 15.9 Å². The van der Waals surface area contributed by atoms with E-state index >= 15 is 0 Å². The summed E-state index contributed by atoms with van der Waals surface area (Å²) < 4.78 is 0. The zero-order chi connectivity index (χ0) is 3.41. The Morgan fingerprint density at radius 2 is 1.80 bits per heavy atom. The van der Waals surface area contributed by atoms with Crippen LogP contribution in [0.5, 0.6) is 0 Å². The van der Waals surface area contributed by atoms with Gasteiger partial charge in [-0.1, -0.05) is 29.4 Å². The zero-order valence-electron chi connectivity index (χ0n) is 2.53. The molecule has 0 atom stereocenters. The van der Waals surface area contributed by atoms with Gasteiger partial charge in [-0.05, 0) is 11.9 Å². The van der Waals surface area contributed by atoms with E-state index in [1.807, 2.05) is 18.0 Å². The molecule has 0 radical (unpaired) electrons. The molecule has 0 bridgehead atoms. The van der Waals surface area contributed by atoms with Crippen molar-refractivity contribution in [3.63, 3.8) is 0 Å². The first-order valence-electron chi connectivity index (χ1n) is 1.13. The fraction of sp³-hybridized carbons (Fsp3) is 0.500. The lowest BCUT2D eigenvalue weighted by Crippen LogP contribution is -1.19. The highest BCUT2D eigenvalue weighted by Crippen LogP contribution is 1.76. The summed E-state index contributed by atoms with van der Waals surface area (Å²) in [7, 11) is 0. The summed E-state index contributed by atoms with van der Waals surface area (Å²) in [6, 6.07) is 0. The summed E-state index contributed by atoms with van der Waals surface area (Å²) in [4.78, 5) is 1.81. The lowest BCUT2D eigenvalue weighted by Gasteiger charge is -1.47. The maximum atomic E-state index is 3.07. The second kappa shape index (κ2) is 8.88. The number of rotatable bonds is 0. The van der Waals surface area contributed by atoms with Crippen LogP contribution in [0.15, 0.2) is 11.1 Å². The van der Waals surface area contributed by atoms with Crippen LogP contribution in [0.4, 0.5) is 0 Å². The van der Waals surface area contributed by atoms with Crippen molar-refractivity contribution < 1.29 is 0 Å². The highest BCUT2D eigenvalue weighted by atomic mass is 79.9. The molecule has 0 aliphatic heterocycles. The van der Waals surface area contributed by atoms with Crippen molar-refractivity contribution in [2.45, 2.75) is 14.4 Å². The molecule has 0 aromatic rings. The predicted octanol–water partition coefficient (Wildman–Crippen LogP) is 2.55. The minimum absolute atomic E-state index is 0. The Labute approximate surface area is 42.0 Å². The van der Waals surface area contributed by atoms with Crippen molar-refractivity contribution in [3.8, 4) is 0 Å². The minimum Gasteiger partial charge on any atom is -0.0807 e. The average Bonchev–Trinajstić information content (AvgIpc) is 1.37. The van der Waals surface area contributed by atoms with Gasteiger partial charge >= 0.3 is 0 Å². The van der Waals surface area contributed by atoms with E-state index < -0.39 is 0 Å². The molecule has 32 valence electrons. The molecule has 0 N–H and O–H groups in total. The highest BCUT2D eigenvalue weighted by Gasteiger charge is 1.36. The SMILES string of the molecule is C.C/C=C/Br. The first-order chi connectivity index (χ1) is 1.91. The number of hydrogen-bond acceptors (Lipinski definition) is 0. The summed E-state index contributed by atoms with van der Waals surface area (Å²) in [5.41, 5.74) is 0. The van der Waals surface area contributed by atoms with Crippen molar-refractivity contribution in [2.75, 3.05) is 0 Å². The molecule has 0 aliphatic carbocycles. The van der Waals surface area contributed by atoms with E-state index in [1.165, 1.54) is 0 Å². The van der Waals surface area contributed by atoms with Gasteiger partial charge in [-0.2, -0.15) is 0 Å². The van der Waals surface area contributed by atoms with Crippen LogP contribution in [0.2, 0.25) is 0 Å². The van der Waals surface area contributed by atoms with Crippen molar-refractivity contribution in [1.82, 2.24) is 0 Å². The molecule has 0 spiro atoms. The van der Waals surface area contributed by atoms with Gasteiger partial charge in [0, 0.05) is 0 Å². The molecule has 0 saturated carbocycles. The summed E-state index contributed by atoms with van der Waals surface area (Å²) in [5.74, 6) is 0. The second-order valence-corrected chi connectivity index (χ2v) is 0.988. The van der Waals surface area contributed by atoms with Gasteiger partial charge in [-0.3, -0.25) is 0 Å². The molecular formula is C4H9Br. The van der Waals surface area contributed by atoms with Crippen LogP contribution in [0.3, 0.4) is 0 Å². The predicted molar refractivity (Wildman–Crippen MR) is 30.5 cm³/mol. The quantitative estimate of drug-likeness (QED) is 0.481. The smallest absolute Gasteiger partial charge is 0.0232 e. The molecule has 5 heavy (non-hydrogen) atoms. The second-order valence-electron chi connectivity index (χ2n) is 0.459. The summed E-state index contributed by atoms with van der Waals surface area (Å²) in [5, 5.41) is 0. The van der Waals surface area contributed by atoms with Crippen LogP contribution in [-0.4, -0.2) is 0 Å². The van der Waals surface area contributed by atoms with Crippen LogP contribution in [0.25, 0.3) is 0 Å². The first kappa shape index (κ1) is 8.97. The molecule has 0 amide bonds. The molecule has 0 rings (SSSR count). The third kappa shape index (κ3) is 14.0. The third-order valence-electron chi connectivity index (χ3n) is 0.126. The number of halogens is 1. The molecule has 0 aromatic heterocycles. The molecule has 0 saturated heterocycles. The van der Waals surface area contributed by atoms with E-state index in [1.54, 1.807) is 0 Å². The maximum Gasteiger partial charge on any atom is -0.0232 e. The van der Waals surface area contributed by atoms with E-state index in [-0.39, 0.29) is 7.43 Å². The van der Waals surface area contributed by atoms with Crippen LogP contribution in [-0.2, 0) is 0 Å². The Bertz CT molecular complexity index is 18.8. The van der Waals surface area contributed by atoms with Gasteiger partial charge in [0.15, 0.2) is 0 Å². The Hall–Kier alpha value is 0.220. The normalized spacial score (nSPS) is 7.60. The zero-order valence-corrected chi connectivity index (χ0v) is 4.12. The summed E-state index contributed by atoms with van der Waals surface area (Å²) in [6.07, 6.45) is 1.92. The van der Waals surface area contributed by atoms with Gasteiger partial charge in [0.05, 0.1) is 0 Å². The molecule has 0 fully saturated rings. The lowest BCUT2D eigenvalue weighted by molar-refractivity contribution is 1.79. The van der Waals surface area contributed by atoms with Crippen LogP contribution in [0.1, 0.15) is 14.4 Å². The third-order valence-corrected chi connectivity index (χ3v) is 0.655. The topological polar surface area (TPSA) is 0 Å². The monoisotopic (exact) mass is 136 g/mol. The molecule has 0 aromatic carbocycles. The fourth-order valence-corrected chi connectivity index (χ4v) is 0. The van der Waals surface area contributed by atoms with Crippen molar-refractivity contribution in [2.24, 2.45) is 0 Å². The average molecular weight is 137 g/mol. The molecule has 0 nitrogen and oxygen atoms in total. The molecular weight excluding hydrogens is 128 g/mol. The van der Waals surface area contributed by atoms with Crippen LogP contribution in [0, 0.1) is 0 Å². The van der Waals surface area contributed by atoms with Gasteiger partial charge in [0.2, 0.25) is 0 Å². The lowest BCUT2D eigenvalue weighted by atomic mass is 10.8. The van der Waals surface area contributed by atoms with Crippen molar-refractivity contribution >= 4 is 15.9 Å². The molecule has 0 aliphatic rings. The summed E-state index contributed by atoms with van der Waals surface area (Å²) >= 11 is 3.07. The first-order valence-corrected chi connectivity index (χ1v) is 2.04. The van der Waals surface area contributed by atoms with Crippen LogP contribution < -0.4 is 0 Å².